The molecule has 17 heavy (non-hydrogen) atoms. The van der Waals surface area contributed by atoms with Crippen LogP contribution in [0.3, 0.4) is 0 Å². The van der Waals surface area contributed by atoms with E-state index >= 15 is 0 Å². The van der Waals surface area contributed by atoms with Crippen molar-refractivity contribution in [1.82, 2.24) is 4.90 Å². The Balaban J connectivity index is 2.07. The topological polar surface area (TPSA) is 57.6 Å². The molecule has 94 valence electrons. The van der Waals surface area contributed by atoms with Crippen molar-refractivity contribution in [3.8, 4) is 0 Å². The van der Waals surface area contributed by atoms with Crippen LogP contribution >= 0.6 is 0 Å². The van der Waals surface area contributed by atoms with Crippen molar-refractivity contribution in [3.05, 3.63) is 11.6 Å². The Hall–Kier alpha value is -1.32. The molecule has 2 rings (SSSR count). The molecule has 0 bridgehead atoms. The third-order valence-electron chi connectivity index (χ3n) is 4.00. The zero-order valence-corrected chi connectivity index (χ0v) is 10.6. The van der Waals surface area contributed by atoms with Crippen LogP contribution in [0.15, 0.2) is 11.6 Å². The number of hydrogen-bond acceptors (Lipinski definition) is 2. The molecule has 1 N–H and O–H groups in total. The smallest absolute Gasteiger partial charge is 0.307 e. The molecule has 1 aliphatic heterocycles. The first-order valence-electron chi connectivity index (χ1n) is 6.03. The zero-order chi connectivity index (χ0) is 12.8. The third-order valence-corrected chi connectivity index (χ3v) is 4.00. The van der Waals surface area contributed by atoms with Crippen molar-refractivity contribution in [2.24, 2.45) is 17.3 Å². The Morgan fingerprint density at radius 2 is 2.06 bits per heavy atom. The van der Waals surface area contributed by atoms with Gasteiger partial charge >= 0.3 is 5.97 Å². The summed E-state index contributed by atoms with van der Waals surface area (Å²) in [7, 11) is 0. The Morgan fingerprint density at radius 3 is 2.53 bits per heavy atom. The van der Waals surface area contributed by atoms with Crippen molar-refractivity contribution < 1.29 is 14.7 Å². The molecule has 0 aromatic heterocycles. The van der Waals surface area contributed by atoms with Crippen LogP contribution in [0.2, 0.25) is 0 Å². The van der Waals surface area contributed by atoms with E-state index in [2.05, 4.69) is 6.08 Å². The number of amides is 1. The zero-order valence-electron chi connectivity index (χ0n) is 10.6. The van der Waals surface area contributed by atoms with Crippen molar-refractivity contribution >= 4 is 11.9 Å². The molecule has 1 heterocycles. The molecule has 1 amide bonds. The van der Waals surface area contributed by atoms with E-state index in [-0.39, 0.29) is 11.8 Å². The van der Waals surface area contributed by atoms with Crippen molar-refractivity contribution in [1.29, 1.82) is 0 Å². The van der Waals surface area contributed by atoms with Gasteiger partial charge in [-0.15, -0.1) is 0 Å². The van der Waals surface area contributed by atoms with Gasteiger partial charge in [0.15, 0.2) is 0 Å². The average Bonchev–Trinajstić information content (AvgIpc) is 2.80. The quantitative estimate of drug-likeness (QED) is 0.741. The summed E-state index contributed by atoms with van der Waals surface area (Å²) in [5.41, 5.74) is 0.799. The summed E-state index contributed by atoms with van der Waals surface area (Å²) in [5, 5.41) is 9.08. The van der Waals surface area contributed by atoms with Gasteiger partial charge in [0, 0.05) is 13.1 Å². The number of carboxylic acids is 1. The van der Waals surface area contributed by atoms with Crippen LogP contribution in [0.25, 0.3) is 0 Å². The highest BCUT2D eigenvalue weighted by Gasteiger charge is 2.66. The molecule has 0 aromatic rings. The van der Waals surface area contributed by atoms with Gasteiger partial charge in [-0.3, -0.25) is 9.59 Å². The van der Waals surface area contributed by atoms with Crippen LogP contribution < -0.4 is 0 Å². The monoisotopic (exact) mass is 237 g/mol. The SMILES string of the molecule is CC1=CCCN(C(=O)C2C(C(=O)O)C2(C)C)C1. The summed E-state index contributed by atoms with van der Waals surface area (Å²) in [6.07, 6.45) is 3.01. The molecule has 2 aliphatic rings. The molecular weight excluding hydrogens is 218 g/mol. The number of carboxylic acid groups (broad SMARTS) is 1. The standard InChI is InChI=1S/C13H19NO3/c1-8-5-4-6-14(7-8)11(15)9-10(12(16)17)13(9,2)3/h5,9-10H,4,6-7H2,1-3H3,(H,16,17). The van der Waals surface area contributed by atoms with Crippen LogP contribution in [0.1, 0.15) is 27.2 Å². The van der Waals surface area contributed by atoms with Gasteiger partial charge in [0.25, 0.3) is 0 Å². The fourth-order valence-electron chi connectivity index (χ4n) is 2.86. The predicted molar refractivity (Wildman–Crippen MR) is 63.4 cm³/mol. The molecule has 1 fully saturated rings. The van der Waals surface area contributed by atoms with E-state index in [1.165, 1.54) is 5.57 Å². The summed E-state index contributed by atoms with van der Waals surface area (Å²) < 4.78 is 0. The van der Waals surface area contributed by atoms with E-state index < -0.39 is 17.3 Å². The Kier molecular flexibility index (Phi) is 2.76. The second-order valence-electron chi connectivity index (χ2n) is 5.71. The number of hydrogen-bond donors (Lipinski definition) is 1. The molecule has 1 saturated carbocycles. The lowest BCUT2D eigenvalue weighted by Gasteiger charge is -2.26. The summed E-state index contributed by atoms with van der Waals surface area (Å²) in [4.78, 5) is 25.1. The predicted octanol–water partition coefficient (Wildman–Crippen LogP) is 1.52. The number of carbonyl (C=O) groups is 2. The van der Waals surface area contributed by atoms with Crippen LogP contribution in [-0.4, -0.2) is 35.0 Å². The Labute approximate surface area is 101 Å². The minimum Gasteiger partial charge on any atom is -0.481 e. The van der Waals surface area contributed by atoms with Gasteiger partial charge in [-0.2, -0.15) is 0 Å². The highest BCUT2D eigenvalue weighted by atomic mass is 16.4. The lowest BCUT2D eigenvalue weighted by Crippen LogP contribution is -2.37. The molecule has 4 heteroatoms. The van der Waals surface area contributed by atoms with Gasteiger partial charge in [0.1, 0.15) is 0 Å². The minimum atomic E-state index is -0.849. The maximum atomic E-state index is 12.3. The summed E-state index contributed by atoms with van der Waals surface area (Å²) >= 11 is 0. The maximum absolute atomic E-state index is 12.3. The molecular formula is C13H19NO3. The van der Waals surface area contributed by atoms with Gasteiger partial charge in [0.2, 0.25) is 5.91 Å². The number of nitrogens with zero attached hydrogens (tertiary/aromatic N) is 1. The van der Waals surface area contributed by atoms with E-state index in [0.29, 0.717) is 6.54 Å². The van der Waals surface area contributed by atoms with E-state index in [0.717, 1.165) is 13.0 Å². The first-order valence-corrected chi connectivity index (χ1v) is 6.03. The van der Waals surface area contributed by atoms with Gasteiger partial charge in [-0.1, -0.05) is 25.5 Å². The molecule has 0 aromatic carbocycles. The minimum absolute atomic E-state index is 0.00912. The molecule has 4 nitrogen and oxygen atoms in total. The molecule has 2 atom stereocenters. The molecule has 0 radical (unpaired) electrons. The Morgan fingerprint density at radius 1 is 1.41 bits per heavy atom. The van der Waals surface area contributed by atoms with Crippen LogP contribution in [0.4, 0.5) is 0 Å². The van der Waals surface area contributed by atoms with Gasteiger partial charge in [0.05, 0.1) is 11.8 Å². The Bertz CT molecular complexity index is 397. The maximum Gasteiger partial charge on any atom is 0.307 e. The lowest BCUT2D eigenvalue weighted by atomic mass is 10.1. The number of carbonyl (C=O) groups excluding carboxylic acids is 1. The molecule has 0 saturated heterocycles. The van der Waals surface area contributed by atoms with E-state index in [9.17, 15) is 9.59 Å². The van der Waals surface area contributed by atoms with Crippen LogP contribution in [0.5, 0.6) is 0 Å². The largest absolute Gasteiger partial charge is 0.481 e. The third kappa shape index (κ3) is 1.96. The lowest BCUT2D eigenvalue weighted by molar-refractivity contribution is -0.142. The van der Waals surface area contributed by atoms with E-state index in [1.807, 2.05) is 20.8 Å². The van der Waals surface area contributed by atoms with E-state index in [4.69, 9.17) is 5.11 Å². The van der Waals surface area contributed by atoms with Crippen LogP contribution in [-0.2, 0) is 9.59 Å². The van der Waals surface area contributed by atoms with Gasteiger partial charge in [-0.05, 0) is 18.8 Å². The van der Waals surface area contributed by atoms with Crippen molar-refractivity contribution in [2.45, 2.75) is 27.2 Å². The van der Waals surface area contributed by atoms with Crippen molar-refractivity contribution in [2.75, 3.05) is 13.1 Å². The van der Waals surface area contributed by atoms with Gasteiger partial charge < -0.3 is 10.0 Å². The molecule has 1 aliphatic carbocycles. The summed E-state index contributed by atoms with van der Waals surface area (Å²) in [6, 6.07) is 0. The van der Waals surface area contributed by atoms with Crippen LogP contribution in [0, 0.1) is 17.3 Å². The van der Waals surface area contributed by atoms with E-state index in [1.54, 1.807) is 4.90 Å². The average molecular weight is 237 g/mol. The number of rotatable bonds is 2. The first kappa shape index (κ1) is 12.1. The first-order chi connectivity index (χ1) is 7.85. The van der Waals surface area contributed by atoms with Gasteiger partial charge in [-0.25, -0.2) is 0 Å². The fraction of sp³-hybridized carbons (Fsp3) is 0.692. The number of aliphatic carboxylic acids is 1. The summed E-state index contributed by atoms with van der Waals surface area (Å²) in [6.45, 7) is 7.10. The van der Waals surface area contributed by atoms with Crippen molar-refractivity contribution in [3.63, 3.8) is 0 Å². The molecule has 2 unspecified atom stereocenters. The summed E-state index contributed by atoms with van der Waals surface area (Å²) in [5.74, 6) is -1.69. The normalized spacial score (nSPS) is 30.8. The second-order valence-corrected chi connectivity index (χ2v) is 5.71. The fourth-order valence-corrected chi connectivity index (χ4v) is 2.86. The highest BCUT2D eigenvalue weighted by molar-refractivity contribution is 5.91. The second kappa shape index (κ2) is 3.86. The highest BCUT2D eigenvalue weighted by Crippen LogP contribution is 2.59. The molecule has 0 spiro atoms.